The number of fused-ring (bicyclic) bond motifs is 3. The predicted octanol–water partition coefficient (Wildman–Crippen LogP) is 3.01. The largest absolute Gasteiger partial charge is 0.480 e. The van der Waals surface area contributed by atoms with Crippen LogP contribution in [0.5, 0.6) is 0 Å². The Morgan fingerprint density at radius 2 is 1.73 bits per heavy atom. The van der Waals surface area contributed by atoms with Crippen LogP contribution in [0.4, 0.5) is 4.79 Å². The van der Waals surface area contributed by atoms with E-state index >= 15 is 0 Å². The van der Waals surface area contributed by atoms with Gasteiger partial charge in [0.2, 0.25) is 5.91 Å². The van der Waals surface area contributed by atoms with Crippen LogP contribution in [0, 0.1) is 0 Å². The average molecular weight is 453 g/mol. The van der Waals surface area contributed by atoms with Crippen LogP contribution in [0.15, 0.2) is 48.5 Å². The van der Waals surface area contributed by atoms with Crippen molar-refractivity contribution in [2.45, 2.75) is 37.8 Å². The van der Waals surface area contributed by atoms with Crippen molar-refractivity contribution in [1.29, 1.82) is 0 Å². The van der Waals surface area contributed by atoms with Crippen molar-refractivity contribution in [3.05, 3.63) is 59.7 Å². The number of carbonyl (C=O) groups excluding carboxylic acids is 2. The van der Waals surface area contributed by atoms with Crippen LogP contribution in [-0.2, 0) is 19.1 Å². The topological polar surface area (TPSA) is 105 Å². The summed E-state index contributed by atoms with van der Waals surface area (Å²) in [6.45, 7) is 2.70. The Bertz CT molecular complexity index is 994. The van der Waals surface area contributed by atoms with Gasteiger partial charge >= 0.3 is 12.1 Å². The molecule has 2 aliphatic rings. The number of ether oxygens (including phenoxy) is 2. The van der Waals surface area contributed by atoms with E-state index in [0.717, 1.165) is 22.3 Å². The number of nitrogens with zero attached hydrogens (tertiary/aromatic N) is 1. The summed E-state index contributed by atoms with van der Waals surface area (Å²) >= 11 is 0. The first-order valence-electron chi connectivity index (χ1n) is 11.2. The maximum Gasteiger partial charge on any atom is 0.407 e. The molecular formula is C25H28N2O6. The van der Waals surface area contributed by atoms with Crippen LogP contribution >= 0.6 is 0 Å². The summed E-state index contributed by atoms with van der Waals surface area (Å²) in [6, 6.07) is 15.3. The fraction of sp³-hybridized carbons (Fsp3) is 0.400. The molecule has 8 nitrogen and oxygen atoms in total. The smallest absolute Gasteiger partial charge is 0.407 e. The molecule has 2 aromatic carbocycles. The summed E-state index contributed by atoms with van der Waals surface area (Å²) in [5.41, 5.74) is 4.62. The molecule has 2 aromatic rings. The van der Waals surface area contributed by atoms with Gasteiger partial charge in [0.15, 0.2) is 6.04 Å². The van der Waals surface area contributed by atoms with Crippen LogP contribution in [0.2, 0.25) is 0 Å². The number of carboxylic acid groups (broad SMARTS) is 1. The standard InChI is InChI=1S/C25H28N2O6/c1-16-23(24(29)30)27(13-14-32-16)22(28)11-6-12-26-25(31)33-15-21-19-9-4-2-7-17(19)18-8-3-5-10-20(18)21/h2-5,7-10,16,21,23H,6,11-15H2,1H3,(H,26,31)(H,29,30). The number of alkyl carbamates (subject to hydrolysis) is 1. The van der Waals surface area contributed by atoms with Gasteiger partial charge in [-0.2, -0.15) is 0 Å². The Labute approximate surface area is 192 Å². The number of benzene rings is 2. The molecule has 2 atom stereocenters. The molecule has 2 amide bonds. The molecule has 1 aliphatic heterocycles. The zero-order valence-corrected chi connectivity index (χ0v) is 18.5. The third kappa shape index (κ3) is 4.85. The molecule has 0 radical (unpaired) electrons. The molecule has 8 heteroatoms. The fourth-order valence-electron chi connectivity index (χ4n) is 4.66. The van der Waals surface area contributed by atoms with Crippen LogP contribution in [-0.4, -0.2) is 66.4 Å². The molecule has 0 spiro atoms. The zero-order chi connectivity index (χ0) is 23.4. The Hall–Kier alpha value is -3.39. The van der Waals surface area contributed by atoms with Gasteiger partial charge in [-0.05, 0) is 35.6 Å². The van der Waals surface area contributed by atoms with Gasteiger partial charge in [-0.1, -0.05) is 48.5 Å². The molecule has 33 heavy (non-hydrogen) atoms. The van der Waals surface area contributed by atoms with E-state index in [1.165, 1.54) is 4.90 Å². The Kier molecular flexibility index (Phi) is 6.93. The number of aliphatic carboxylic acids is 1. The van der Waals surface area contributed by atoms with E-state index < -0.39 is 24.2 Å². The van der Waals surface area contributed by atoms with Gasteiger partial charge in [0.1, 0.15) is 6.61 Å². The van der Waals surface area contributed by atoms with Crippen molar-refractivity contribution < 1.29 is 29.0 Å². The second kappa shape index (κ2) is 10.0. The number of hydrogen-bond donors (Lipinski definition) is 2. The average Bonchev–Trinajstić information content (AvgIpc) is 3.13. The fourth-order valence-corrected chi connectivity index (χ4v) is 4.66. The maximum absolute atomic E-state index is 12.5. The molecule has 174 valence electrons. The summed E-state index contributed by atoms with van der Waals surface area (Å²) in [6.07, 6.45) is -0.562. The summed E-state index contributed by atoms with van der Waals surface area (Å²) in [5.74, 6) is -1.35. The summed E-state index contributed by atoms with van der Waals surface area (Å²) in [5, 5.41) is 12.1. The lowest BCUT2D eigenvalue weighted by Crippen LogP contribution is -2.56. The van der Waals surface area contributed by atoms with E-state index in [0.29, 0.717) is 13.0 Å². The molecule has 0 aromatic heterocycles. The third-order valence-corrected chi connectivity index (χ3v) is 6.25. The van der Waals surface area contributed by atoms with E-state index in [9.17, 15) is 19.5 Å². The highest BCUT2D eigenvalue weighted by molar-refractivity contribution is 5.84. The van der Waals surface area contributed by atoms with Gasteiger partial charge in [-0.3, -0.25) is 4.79 Å². The van der Waals surface area contributed by atoms with E-state index in [1.54, 1.807) is 6.92 Å². The molecular weight excluding hydrogens is 424 g/mol. The van der Waals surface area contributed by atoms with Gasteiger partial charge in [0.05, 0.1) is 12.7 Å². The van der Waals surface area contributed by atoms with Crippen molar-refractivity contribution in [3.63, 3.8) is 0 Å². The molecule has 1 aliphatic carbocycles. The van der Waals surface area contributed by atoms with Crippen molar-refractivity contribution in [3.8, 4) is 11.1 Å². The molecule has 1 heterocycles. The number of morpholine rings is 1. The molecule has 1 fully saturated rings. The first kappa shape index (κ1) is 22.8. The van der Waals surface area contributed by atoms with Crippen molar-refractivity contribution >= 4 is 18.0 Å². The number of hydrogen-bond acceptors (Lipinski definition) is 5. The number of carbonyl (C=O) groups is 3. The minimum atomic E-state index is -1.08. The highest BCUT2D eigenvalue weighted by Gasteiger charge is 2.37. The Morgan fingerprint density at radius 3 is 2.36 bits per heavy atom. The second-order valence-corrected chi connectivity index (χ2v) is 8.30. The molecule has 2 N–H and O–H groups in total. The number of rotatable bonds is 7. The summed E-state index contributed by atoms with van der Waals surface area (Å²) in [4.78, 5) is 37.6. The zero-order valence-electron chi connectivity index (χ0n) is 18.5. The Balaban J connectivity index is 1.24. The Morgan fingerprint density at radius 1 is 1.09 bits per heavy atom. The number of nitrogens with one attached hydrogen (secondary N) is 1. The highest BCUT2D eigenvalue weighted by atomic mass is 16.5. The van der Waals surface area contributed by atoms with E-state index in [1.807, 2.05) is 24.3 Å². The van der Waals surface area contributed by atoms with Gasteiger partial charge < -0.3 is 24.8 Å². The molecule has 0 bridgehead atoms. The van der Waals surface area contributed by atoms with E-state index in [4.69, 9.17) is 9.47 Å². The van der Waals surface area contributed by atoms with Gasteiger partial charge in [-0.25, -0.2) is 9.59 Å². The second-order valence-electron chi connectivity index (χ2n) is 8.30. The molecule has 0 saturated carbocycles. The first-order chi connectivity index (χ1) is 16.0. The predicted molar refractivity (Wildman–Crippen MR) is 121 cm³/mol. The van der Waals surface area contributed by atoms with Gasteiger partial charge in [-0.15, -0.1) is 0 Å². The van der Waals surface area contributed by atoms with Crippen LogP contribution < -0.4 is 5.32 Å². The van der Waals surface area contributed by atoms with Crippen LogP contribution in [0.1, 0.15) is 36.8 Å². The monoisotopic (exact) mass is 452 g/mol. The van der Waals surface area contributed by atoms with Crippen molar-refractivity contribution in [2.24, 2.45) is 0 Å². The minimum Gasteiger partial charge on any atom is -0.480 e. The SMILES string of the molecule is CC1OCCN(C(=O)CCCNC(=O)OCC2c3ccccc3-c3ccccc32)C1C(=O)O. The van der Waals surface area contributed by atoms with Crippen molar-refractivity contribution in [2.75, 3.05) is 26.3 Å². The van der Waals surface area contributed by atoms with Crippen LogP contribution in [0.25, 0.3) is 11.1 Å². The number of carboxylic acids is 1. The third-order valence-electron chi connectivity index (χ3n) is 6.25. The maximum atomic E-state index is 12.5. The molecule has 1 saturated heterocycles. The number of amides is 2. The molecule has 2 unspecified atom stereocenters. The van der Waals surface area contributed by atoms with Gasteiger partial charge in [0, 0.05) is 25.4 Å². The van der Waals surface area contributed by atoms with Crippen LogP contribution in [0.3, 0.4) is 0 Å². The summed E-state index contributed by atoms with van der Waals surface area (Å²) < 4.78 is 10.8. The highest BCUT2D eigenvalue weighted by Crippen LogP contribution is 2.44. The lowest BCUT2D eigenvalue weighted by atomic mass is 9.98. The van der Waals surface area contributed by atoms with Crippen molar-refractivity contribution in [1.82, 2.24) is 10.2 Å². The van der Waals surface area contributed by atoms with E-state index in [-0.39, 0.29) is 37.9 Å². The summed E-state index contributed by atoms with van der Waals surface area (Å²) in [7, 11) is 0. The first-order valence-corrected chi connectivity index (χ1v) is 11.2. The molecule has 4 rings (SSSR count). The van der Waals surface area contributed by atoms with E-state index in [2.05, 4.69) is 29.6 Å². The minimum absolute atomic E-state index is 0.0130. The normalized spacial score (nSPS) is 19.5. The lowest BCUT2D eigenvalue weighted by molar-refractivity contribution is -0.164. The quantitative estimate of drug-likeness (QED) is 0.626. The van der Waals surface area contributed by atoms with Gasteiger partial charge in [0.25, 0.3) is 0 Å². The lowest BCUT2D eigenvalue weighted by Gasteiger charge is -2.37.